The number of nitrogens with zero attached hydrogens (tertiary/aromatic N) is 1. The number of hydrogen-bond donors (Lipinski definition) is 2. The monoisotopic (exact) mass is 329 g/mol. The van der Waals surface area contributed by atoms with E-state index in [9.17, 15) is 9.59 Å². The van der Waals surface area contributed by atoms with Gasteiger partial charge in [-0.1, -0.05) is 41.9 Å². The van der Waals surface area contributed by atoms with Crippen LogP contribution in [0.2, 0.25) is 5.02 Å². The fourth-order valence-corrected chi connectivity index (χ4v) is 1.98. The zero-order valence-corrected chi connectivity index (χ0v) is 13.5. The van der Waals surface area contributed by atoms with Gasteiger partial charge in [-0.2, -0.15) is 5.10 Å². The summed E-state index contributed by atoms with van der Waals surface area (Å²) in [6.45, 7) is 3.78. The Balaban J connectivity index is 1.94. The van der Waals surface area contributed by atoms with Gasteiger partial charge in [0.15, 0.2) is 0 Å². The molecule has 0 unspecified atom stereocenters. The van der Waals surface area contributed by atoms with Crippen molar-refractivity contribution in [3.8, 4) is 0 Å². The second kappa shape index (κ2) is 7.56. The first-order valence-corrected chi connectivity index (χ1v) is 7.31. The molecule has 0 fully saturated rings. The molecule has 5 nitrogen and oxygen atoms in total. The summed E-state index contributed by atoms with van der Waals surface area (Å²) < 4.78 is 0. The highest BCUT2D eigenvalue weighted by atomic mass is 35.5. The van der Waals surface area contributed by atoms with Crippen LogP contribution in [0, 0.1) is 13.8 Å². The molecule has 2 rings (SSSR count). The lowest BCUT2D eigenvalue weighted by Gasteiger charge is -2.05. The molecule has 2 aromatic carbocycles. The second-order valence-corrected chi connectivity index (χ2v) is 5.38. The van der Waals surface area contributed by atoms with E-state index in [1.54, 1.807) is 18.2 Å². The number of hydrazone groups is 1. The van der Waals surface area contributed by atoms with Crippen LogP contribution in [-0.2, 0) is 9.59 Å². The summed E-state index contributed by atoms with van der Waals surface area (Å²) in [6, 6.07) is 12.6. The molecule has 0 spiro atoms. The number of benzene rings is 2. The second-order valence-electron chi connectivity index (χ2n) is 4.97. The van der Waals surface area contributed by atoms with Gasteiger partial charge in [0.2, 0.25) is 0 Å². The maximum absolute atomic E-state index is 11.8. The lowest BCUT2D eigenvalue weighted by molar-refractivity contribution is -0.136. The number of halogens is 1. The van der Waals surface area contributed by atoms with Crippen molar-refractivity contribution in [3.05, 3.63) is 64.2 Å². The zero-order chi connectivity index (χ0) is 16.8. The van der Waals surface area contributed by atoms with Gasteiger partial charge >= 0.3 is 11.8 Å². The van der Waals surface area contributed by atoms with E-state index in [2.05, 4.69) is 15.8 Å². The summed E-state index contributed by atoms with van der Waals surface area (Å²) in [7, 11) is 0. The van der Waals surface area contributed by atoms with Gasteiger partial charge in [-0.05, 0) is 42.7 Å². The molecular formula is C17H16ClN3O2. The van der Waals surface area contributed by atoms with E-state index in [0.29, 0.717) is 10.7 Å². The molecule has 0 aliphatic rings. The SMILES string of the molecule is Cc1ccc(NC(=O)C(=O)N/N=C\c2ccccc2C)cc1Cl. The van der Waals surface area contributed by atoms with Crippen molar-refractivity contribution in [3.63, 3.8) is 0 Å². The number of carbonyl (C=O) groups excluding carboxylic acids is 2. The van der Waals surface area contributed by atoms with Crippen molar-refractivity contribution < 1.29 is 9.59 Å². The summed E-state index contributed by atoms with van der Waals surface area (Å²) in [5, 5.41) is 6.76. The molecule has 0 saturated heterocycles. The first-order chi connectivity index (χ1) is 11.0. The van der Waals surface area contributed by atoms with Crippen molar-refractivity contribution in [2.45, 2.75) is 13.8 Å². The molecule has 0 bridgehead atoms. The van der Waals surface area contributed by atoms with Gasteiger partial charge in [-0.3, -0.25) is 9.59 Å². The average molecular weight is 330 g/mol. The Bertz CT molecular complexity index is 772. The number of carbonyl (C=O) groups is 2. The molecule has 23 heavy (non-hydrogen) atoms. The molecule has 0 saturated carbocycles. The molecule has 2 aromatic rings. The number of nitrogens with one attached hydrogen (secondary N) is 2. The fraction of sp³-hybridized carbons (Fsp3) is 0.118. The van der Waals surface area contributed by atoms with Crippen LogP contribution in [0.15, 0.2) is 47.6 Å². The highest BCUT2D eigenvalue weighted by Gasteiger charge is 2.13. The summed E-state index contributed by atoms with van der Waals surface area (Å²) in [5.41, 5.74) is 5.40. The average Bonchev–Trinajstić information content (AvgIpc) is 2.52. The van der Waals surface area contributed by atoms with Crippen LogP contribution in [0.5, 0.6) is 0 Å². The van der Waals surface area contributed by atoms with Crippen LogP contribution in [0.4, 0.5) is 5.69 Å². The predicted octanol–water partition coefficient (Wildman–Crippen LogP) is 3.05. The molecule has 6 heteroatoms. The third-order valence-corrected chi connectivity index (χ3v) is 3.60. The summed E-state index contributed by atoms with van der Waals surface area (Å²) in [6.07, 6.45) is 1.49. The minimum absolute atomic E-state index is 0.448. The van der Waals surface area contributed by atoms with Crippen molar-refractivity contribution in [1.82, 2.24) is 5.43 Å². The molecule has 0 aromatic heterocycles. The van der Waals surface area contributed by atoms with Gasteiger partial charge in [-0.25, -0.2) is 5.43 Å². The Kier molecular flexibility index (Phi) is 5.49. The van der Waals surface area contributed by atoms with E-state index < -0.39 is 11.8 Å². The van der Waals surface area contributed by atoms with E-state index in [1.165, 1.54) is 6.21 Å². The van der Waals surface area contributed by atoms with E-state index in [-0.39, 0.29) is 0 Å². The minimum Gasteiger partial charge on any atom is -0.318 e. The quantitative estimate of drug-likeness (QED) is 0.516. The Hall–Kier alpha value is -2.66. The Labute approximate surface area is 139 Å². The molecule has 0 aliphatic heterocycles. The van der Waals surface area contributed by atoms with E-state index >= 15 is 0 Å². The number of aryl methyl sites for hydroxylation is 2. The third-order valence-electron chi connectivity index (χ3n) is 3.19. The number of anilines is 1. The van der Waals surface area contributed by atoms with Crippen LogP contribution in [0.1, 0.15) is 16.7 Å². The maximum atomic E-state index is 11.8. The van der Waals surface area contributed by atoms with E-state index in [4.69, 9.17) is 11.6 Å². The van der Waals surface area contributed by atoms with Crippen LogP contribution in [0.3, 0.4) is 0 Å². The Morgan fingerprint density at radius 1 is 1.04 bits per heavy atom. The molecule has 0 aliphatic carbocycles. The van der Waals surface area contributed by atoms with Crippen LogP contribution in [-0.4, -0.2) is 18.0 Å². The summed E-state index contributed by atoms with van der Waals surface area (Å²) >= 11 is 5.97. The first kappa shape index (κ1) is 16.7. The number of rotatable bonds is 3. The van der Waals surface area contributed by atoms with Gasteiger partial charge in [0.1, 0.15) is 0 Å². The van der Waals surface area contributed by atoms with Crippen molar-refractivity contribution in [1.29, 1.82) is 0 Å². The number of hydrogen-bond acceptors (Lipinski definition) is 3. The van der Waals surface area contributed by atoms with Gasteiger partial charge in [0, 0.05) is 10.7 Å². The third kappa shape index (κ3) is 4.66. The number of amides is 2. The standard InChI is InChI=1S/C17H16ClN3O2/c1-11-5-3-4-6-13(11)10-19-21-17(23)16(22)20-14-8-7-12(2)15(18)9-14/h3-10H,1-2H3,(H,20,22)(H,21,23)/b19-10-. The first-order valence-electron chi connectivity index (χ1n) is 6.93. The normalized spacial score (nSPS) is 10.6. The zero-order valence-electron chi connectivity index (χ0n) is 12.8. The molecule has 118 valence electrons. The minimum atomic E-state index is -0.855. The maximum Gasteiger partial charge on any atom is 0.329 e. The highest BCUT2D eigenvalue weighted by Crippen LogP contribution is 2.19. The molecular weight excluding hydrogens is 314 g/mol. The van der Waals surface area contributed by atoms with E-state index in [1.807, 2.05) is 38.1 Å². The van der Waals surface area contributed by atoms with Crippen LogP contribution >= 0.6 is 11.6 Å². The van der Waals surface area contributed by atoms with Crippen molar-refractivity contribution in [2.24, 2.45) is 5.10 Å². The predicted molar refractivity (Wildman–Crippen MR) is 91.7 cm³/mol. The summed E-state index contributed by atoms with van der Waals surface area (Å²) in [4.78, 5) is 23.5. The van der Waals surface area contributed by atoms with Gasteiger partial charge < -0.3 is 5.32 Å². The fourth-order valence-electron chi connectivity index (χ4n) is 1.80. The lowest BCUT2D eigenvalue weighted by Crippen LogP contribution is -2.32. The van der Waals surface area contributed by atoms with Crippen molar-refractivity contribution in [2.75, 3.05) is 5.32 Å². The largest absolute Gasteiger partial charge is 0.329 e. The molecule has 0 radical (unpaired) electrons. The topological polar surface area (TPSA) is 70.6 Å². The molecule has 0 heterocycles. The Morgan fingerprint density at radius 2 is 1.78 bits per heavy atom. The van der Waals surface area contributed by atoms with E-state index in [0.717, 1.165) is 16.7 Å². The highest BCUT2D eigenvalue weighted by molar-refractivity contribution is 6.39. The Morgan fingerprint density at radius 3 is 2.48 bits per heavy atom. The molecule has 0 atom stereocenters. The van der Waals surface area contributed by atoms with Crippen molar-refractivity contribution >= 4 is 35.3 Å². The lowest BCUT2D eigenvalue weighted by atomic mass is 10.1. The molecule has 2 N–H and O–H groups in total. The smallest absolute Gasteiger partial charge is 0.318 e. The van der Waals surface area contributed by atoms with Gasteiger partial charge in [0.25, 0.3) is 0 Å². The van der Waals surface area contributed by atoms with Crippen LogP contribution < -0.4 is 10.7 Å². The van der Waals surface area contributed by atoms with Gasteiger partial charge in [-0.15, -0.1) is 0 Å². The molecule has 2 amide bonds. The van der Waals surface area contributed by atoms with Gasteiger partial charge in [0.05, 0.1) is 6.21 Å². The van der Waals surface area contributed by atoms with Crippen LogP contribution in [0.25, 0.3) is 0 Å². The summed E-state index contributed by atoms with van der Waals surface area (Å²) in [5.74, 6) is -1.67.